The molecule has 1 unspecified atom stereocenters. The summed E-state index contributed by atoms with van der Waals surface area (Å²) in [5.74, 6) is -1.19. The number of hydrogen-bond acceptors (Lipinski definition) is 8. The predicted octanol–water partition coefficient (Wildman–Crippen LogP) is 5.59. The smallest absolute Gasteiger partial charge is 0.296 e. The van der Waals surface area contributed by atoms with Crippen LogP contribution < -0.4 is 14.4 Å². The van der Waals surface area contributed by atoms with Crippen molar-refractivity contribution in [3.05, 3.63) is 95.3 Å². The van der Waals surface area contributed by atoms with Crippen molar-refractivity contribution in [1.82, 2.24) is 4.98 Å². The predicted molar refractivity (Wildman–Crippen MR) is 146 cm³/mol. The number of amides is 1. The lowest BCUT2D eigenvalue weighted by Gasteiger charge is -2.24. The van der Waals surface area contributed by atoms with Gasteiger partial charge in [0.05, 0.1) is 35.5 Å². The Balaban J connectivity index is 1.61. The molecule has 0 bridgehead atoms. The van der Waals surface area contributed by atoms with Gasteiger partial charge in [-0.1, -0.05) is 53.8 Å². The fourth-order valence-corrected chi connectivity index (χ4v) is 5.33. The lowest BCUT2D eigenvalue weighted by atomic mass is 9.95. The maximum absolute atomic E-state index is 13.4. The Morgan fingerprint density at radius 2 is 1.89 bits per heavy atom. The zero-order chi connectivity index (χ0) is 26.8. The zero-order valence-electron chi connectivity index (χ0n) is 20.6. The summed E-state index contributed by atoms with van der Waals surface area (Å²) in [5, 5.41) is 21.4. The van der Waals surface area contributed by atoms with Crippen molar-refractivity contribution in [1.29, 1.82) is 0 Å². The van der Waals surface area contributed by atoms with E-state index >= 15 is 0 Å². The maximum atomic E-state index is 13.4. The number of phenols is 1. The summed E-state index contributed by atoms with van der Waals surface area (Å²) in [5.41, 5.74) is 1.81. The molecule has 1 aliphatic rings. The fraction of sp³-hybridized carbons (Fsp3) is 0.138. The van der Waals surface area contributed by atoms with Crippen molar-refractivity contribution >= 4 is 44.5 Å². The number of carbonyl (C=O) groups is 2. The average Bonchev–Trinajstić information content (AvgIpc) is 3.46. The molecule has 1 amide bonds. The zero-order valence-corrected chi connectivity index (χ0v) is 21.4. The van der Waals surface area contributed by atoms with Gasteiger partial charge in [0.15, 0.2) is 28.2 Å². The van der Waals surface area contributed by atoms with Crippen molar-refractivity contribution < 1.29 is 29.3 Å². The monoisotopic (exact) mass is 528 g/mol. The van der Waals surface area contributed by atoms with Gasteiger partial charge in [0.1, 0.15) is 5.75 Å². The first kappa shape index (κ1) is 25.0. The Kier molecular flexibility index (Phi) is 6.85. The molecule has 0 saturated carbocycles. The van der Waals surface area contributed by atoms with E-state index in [9.17, 15) is 19.8 Å². The summed E-state index contributed by atoms with van der Waals surface area (Å²) in [4.78, 5) is 32.8. The van der Waals surface area contributed by atoms with Crippen LogP contribution in [0.25, 0.3) is 16.3 Å². The molecule has 38 heavy (non-hydrogen) atoms. The molecular formula is C29H24N2O6S. The van der Waals surface area contributed by atoms with Crippen molar-refractivity contribution in [2.24, 2.45) is 0 Å². The number of nitrogens with zero attached hydrogens (tertiary/aromatic N) is 2. The van der Waals surface area contributed by atoms with Gasteiger partial charge in [-0.2, -0.15) is 0 Å². The number of aromatic nitrogens is 1. The van der Waals surface area contributed by atoms with Crippen LogP contribution in [0.3, 0.4) is 0 Å². The van der Waals surface area contributed by atoms with E-state index in [0.29, 0.717) is 28.6 Å². The van der Waals surface area contributed by atoms with E-state index in [1.54, 1.807) is 24.3 Å². The number of methoxy groups -OCH3 is 1. The molecule has 192 valence electrons. The molecule has 0 fully saturated rings. The number of ketones is 1. The van der Waals surface area contributed by atoms with Gasteiger partial charge in [0, 0.05) is 0 Å². The van der Waals surface area contributed by atoms with Crippen LogP contribution >= 0.6 is 11.3 Å². The van der Waals surface area contributed by atoms with Crippen molar-refractivity contribution in [3.63, 3.8) is 0 Å². The number of carbonyl (C=O) groups excluding carboxylic acids is 2. The summed E-state index contributed by atoms with van der Waals surface area (Å²) >= 11 is 1.24. The van der Waals surface area contributed by atoms with Crippen LogP contribution in [0.5, 0.6) is 17.2 Å². The van der Waals surface area contributed by atoms with Crippen LogP contribution in [0.4, 0.5) is 5.13 Å². The highest BCUT2D eigenvalue weighted by Gasteiger charge is 2.45. The summed E-state index contributed by atoms with van der Waals surface area (Å²) in [6, 6.07) is 18.2. The third-order valence-corrected chi connectivity index (χ3v) is 7.10. The second-order valence-corrected chi connectivity index (χ2v) is 9.45. The Morgan fingerprint density at radius 3 is 2.63 bits per heavy atom. The topological polar surface area (TPSA) is 109 Å². The molecule has 3 aromatic carbocycles. The van der Waals surface area contributed by atoms with Gasteiger partial charge in [-0.15, -0.1) is 0 Å². The standard InChI is InChI=1S/C29H24N2O6S/c1-3-37-19-11-12-20-24(16-19)38-29(30-20)31-26(18-10-14-21(32)23(15-18)36-2)25(27(34)28(31)35)22(33)13-9-17-7-5-4-6-8-17/h4-16,26,32,34H,3H2,1-2H3. The highest BCUT2D eigenvalue weighted by Crippen LogP contribution is 2.45. The van der Waals surface area contributed by atoms with Gasteiger partial charge in [0.2, 0.25) is 0 Å². The minimum Gasteiger partial charge on any atom is -0.504 e. The SMILES string of the molecule is CCOc1ccc2nc(N3C(=O)C(O)=C(C(=O)C=Cc4ccccc4)C3c3ccc(O)c(OC)c3)sc2c1. The number of ether oxygens (including phenoxy) is 2. The molecule has 1 aromatic heterocycles. The Labute approximate surface area is 222 Å². The van der Waals surface area contributed by atoms with E-state index in [1.165, 1.54) is 41.6 Å². The molecule has 4 aromatic rings. The molecule has 0 aliphatic carbocycles. The number of thiazole rings is 1. The third-order valence-electron chi connectivity index (χ3n) is 6.09. The summed E-state index contributed by atoms with van der Waals surface area (Å²) in [6.45, 7) is 2.40. The van der Waals surface area contributed by atoms with Crippen LogP contribution in [-0.4, -0.2) is 40.6 Å². The first-order valence-corrected chi connectivity index (χ1v) is 12.7. The Hall–Kier alpha value is -4.63. The molecule has 0 saturated heterocycles. The summed E-state index contributed by atoms with van der Waals surface area (Å²) in [7, 11) is 1.40. The van der Waals surface area contributed by atoms with Crippen LogP contribution in [0.2, 0.25) is 0 Å². The molecule has 1 atom stereocenters. The minimum atomic E-state index is -1.00. The molecule has 9 heteroatoms. The van der Waals surface area contributed by atoms with Gasteiger partial charge in [-0.25, -0.2) is 4.98 Å². The first-order valence-electron chi connectivity index (χ1n) is 11.9. The molecule has 0 radical (unpaired) electrons. The highest BCUT2D eigenvalue weighted by atomic mass is 32.1. The lowest BCUT2D eigenvalue weighted by Crippen LogP contribution is -2.30. The van der Waals surface area contributed by atoms with Crippen molar-refractivity contribution in [3.8, 4) is 17.2 Å². The number of anilines is 1. The molecule has 2 heterocycles. The summed E-state index contributed by atoms with van der Waals surface area (Å²) in [6.07, 6.45) is 2.95. The Bertz CT molecular complexity index is 1590. The molecule has 0 spiro atoms. The molecule has 5 rings (SSSR count). The van der Waals surface area contributed by atoms with Crippen molar-refractivity contribution in [2.45, 2.75) is 13.0 Å². The van der Waals surface area contributed by atoms with Crippen LogP contribution in [-0.2, 0) is 9.59 Å². The largest absolute Gasteiger partial charge is 0.504 e. The molecule has 1 aliphatic heterocycles. The van der Waals surface area contributed by atoms with E-state index in [2.05, 4.69) is 4.98 Å². The van der Waals surface area contributed by atoms with Gasteiger partial charge >= 0.3 is 0 Å². The number of aliphatic hydroxyl groups is 1. The van der Waals surface area contributed by atoms with Gasteiger partial charge in [0.25, 0.3) is 5.91 Å². The highest BCUT2D eigenvalue weighted by molar-refractivity contribution is 7.22. The minimum absolute atomic E-state index is 0.0933. The quantitative estimate of drug-likeness (QED) is 0.287. The average molecular weight is 529 g/mol. The van der Waals surface area contributed by atoms with Crippen LogP contribution in [0.15, 0.2) is 84.1 Å². The third kappa shape index (κ3) is 4.59. The van der Waals surface area contributed by atoms with Gasteiger partial charge in [-0.05, 0) is 54.5 Å². The number of benzene rings is 3. The number of phenolic OH excluding ortho intramolecular Hbond substituents is 1. The summed E-state index contributed by atoms with van der Waals surface area (Å²) < 4.78 is 11.6. The van der Waals surface area contributed by atoms with Gasteiger partial charge in [-0.3, -0.25) is 14.5 Å². The Morgan fingerprint density at radius 1 is 1.11 bits per heavy atom. The number of aromatic hydroxyl groups is 1. The second-order valence-electron chi connectivity index (χ2n) is 8.44. The normalized spacial score (nSPS) is 15.6. The van der Waals surface area contributed by atoms with Crippen LogP contribution in [0, 0.1) is 0 Å². The molecule has 2 N–H and O–H groups in total. The van der Waals surface area contributed by atoms with E-state index in [-0.39, 0.29) is 17.1 Å². The van der Waals surface area contributed by atoms with Crippen LogP contribution in [0.1, 0.15) is 24.1 Å². The van der Waals surface area contributed by atoms with E-state index in [0.717, 1.165) is 10.3 Å². The number of rotatable bonds is 8. The lowest BCUT2D eigenvalue weighted by molar-refractivity contribution is -0.117. The maximum Gasteiger partial charge on any atom is 0.296 e. The molecular weight excluding hydrogens is 504 g/mol. The number of hydrogen-bond donors (Lipinski definition) is 2. The van der Waals surface area contributed by atoms with E-state index in [1.807, 2.05) is 43.3 Å². The first-order chi connectivity index (χ1) is 18.4. The van der Waals surface area contributed by atoms with E-state index < -0.39 is 23.5 Å². The second kappa shape index (κ2) is 10.4. The fourth-order valence-electron chi connectivity index (χ4n) is 4.31. The number of aliphatic hydroxyl groups excluding tert-OH is 1. The van der Waals surface area contributed by atoms with Gasteiger partial charge < -0.3 is 19.7 Å². The molecule has 8 nitrogen and oxygen atoms in total. The number of allylic oxidation sites excluding steroid dienone is 1. The van der Waals surface area contributed by atoms with Crippen molar-refractivity contribution in [2.75, 3.05) is 18.6 Å². The number of fused-ring (bicyclic) bond motifs is 1. The van der Waals surface area contributed by atoms with E-state index in [4.69, 9.17) is 9.47 Å².